The quantitative estimate of drug-likeness (QED) is 0.334. The van der Waals surface area contributed by atoms with E-state index in [0.717, 1.165) is 46.7 Å². The maximum absolute atomic E-state index is 13.2. The summed E-state index contributed by atoms with van der Waals surface area (Å²) in [6, 6.07) is 18.3. The lowest BCUT2D eigenvalue weighted by Gasteiger charge is -2.21. The summed E-state index contributed by atoms with van der Waals surface area (Å²) < 4.78 is 5.38. The van der Waals surface area contributed by atoms with Crippen LogP contribution in [0.25, 0.3) is 22.4 Å². The molecule has 5 nitrogen and oxygen atoms in total. The molecule has 0 saturated carbocycles. The minimum atomic E-state index is -0.0793. The number of aromatic nitrogens is 2. The van der Waals surface area contributed by atoms with Gasteiger partial charge in [-0.3, -0.25) is 9.69 Å². The van der Waals surface area contributed by atoms with Gasteiger partial charge in [-0.05, 0) is 37.8 Å². The smallest absolute Gasteiger partial charge is 0.231 e. The number of anilines is 1. The molecule has 4 rings (SSSR count). The van der Waals surface area contributed by atoms with E-state index in [-0.39, 0.29) is 11.8 Å². The lowest BCUT2D eigenvalue weighted by Crippen LogP contribution is -2.33. The van der Waals surface area contributed by atoms with E-state index in [0.29, 0.717) is 5.13 Å². The van der Waals surface area contributed by atoms with E-state index in [1.807, 2.05) is 62.7 Å². The van der Waals surface area contributed by atoms with Gasteiger partial charge in [0.1, 0.15) is 5.76 Å². The van der Waals surface area contributed by atoms with Crippen LogP contribution in [-0.2, 0) is 11.2 Å². The average molecular weight is 446 g/mol. The van der Waals surface area contributed by atoms with Gasteiger partial charge in [0.05, 0.1) is 11.4 Å². The molecular weight excluding hydrogens is 418 g/mol. The molecule has 2 heterocycles. The normalized spacial score (nSPS) is 12.0. The molecule has 0 fully saturated rings. The number of amides is 1. The largest absolute Gasteiger partial charge is 0.361 e. The summed E-state index contributed by atoms with van der Waals surface area (Å²) in [5, 5.41) is 6.81. The zero-order valence-electron chi connectivity index (χ0n) is 18.8. The summed E-state index contributed by atoms with van der Waals surface area (Å²) in [6.07, 6.45) is 1.51. The van der Waals surface area contributed by atoms with Crippen LogP contribution in [0, 0.1) is 19.8 Å². The van der Waals surface area contributed by atoms with Gasteiger partial charge in [-0.1, -0.05) is 66.7 Å². The molecule has 2 aromatic carbocycles. The van der Waals surface area contributed by atoms with E-state index in [1.165, 1.54) is 16.9 Å². The van der Waals surface area contributed by atoms with Crippen LogP contribution in [0.15, 0.2) is 64.5 Å². The fourth-order valence-corrected chi connectivity index (χ4v) is 4.80. The van der Waals surface area contributed by atoms with E-state index in [1.54, 1.807) is 4.90 Å². The van der Waals surface area contributed by atoms with Crippen molar-refractivity contribution in [2.75, 3.05) is 11.9 Å². The van der Waals surface area contributed by atoms with Crippen LogP contribution in [0.1, 0.15) is 30.4 Å². The van der Waals surface area contributed by atoms with Crippen LogP contribution in [-0.4, -0.2) is 23.1 Å². The highest BCUT2D eigenvalue weighted by molar-refractivity contribution is 7.14. The van der Waals surface area contributed by atoms with Crippen LogP contribution < -0.4 is 4.90 Å². The number of carbonyl (C=O) groups excluding carboxylic acids is 1. The fourth-order valence-electron chi connectivity index (χ4n) is 4.01. The van der Waals surface area contributed by atoms with E-state index in [4.69, 9.17) is 9.51 Å². The van der Waals surface area contributed by atoms with Gasteiger partial charge in [0, 0.05) is 29.5 Å². The summed E-state index contributed by atoms with van der Waals surface area (Å²) in [6.45, 7) is 5.92. The second-order valence-corrected chi connectivity index (χ2v) is 8.79. The second kappa shape index (κ2) is 9.49. The molecule has 4 aromatic rings. The van der Waals surface area contributed by atoms with Crippen LogP contribution in [0.5, 0.6) is 0 Å². The number of nitrogens with zero attached hydrogens (tertiary/aromatic N) is 3. The highest BCUT2D eigenvalue weighted by Crippen LogP contribution is 2.37. The Balaban J connectivity index is 1.60. The van der Waals surface area contributed by atoms with Crippen molar-refractivity contribution >= 4 is 22.4 Å². The van der Waals surface area contributed by atoms with Crippen molar-refractivity contribution in [2.24, 2.45) is 5.92 Å². The first-order valence-corrected chi connectivity index (χ1v) is 11.7. The van der Waals surface area contributed by atoms with E-state index < -0.39 is 0 Å². The Morgan fingerprint density at radius 1 is 1.06 bits per heavy atom. The van der Waals surface area contributed by atoms with Gasteiger partial charge in [0.25, 0.3) is 0 Å². The Kier molecular flexibility index (Phi) is 6.51. The molecule has 0 bridgehead atoms. The molecule has 2 aromatic heterocycles. The lowest BCUT2D eigenvalue weighted by atomic mass is 9.96. The van der Waals surface area contributed by atoms with Gasteiger partial charge in [-0.2, -0.15) is 0 Å². The van der Waals surface area contributed by atoms with Crippen molar-refractivity contribution in [3.8, 4) is 22.4 Å². The van der Waals surface area contributed by atoms with Gasteiger partial charge in [0.15, 0.2) is 5.13 Å². The monoisotopic (exact) mass is 445 g/mol. The lowest BCUT2D eigenvalue weighted by molar-refractivity contribution is -0.122. The third-order valence-corrected chi connectivity index (χ3v) is 6.70. The van der Waals surface area contributed by atoms with E-state index in [2.05, 4.69) is 30.3 Å². The molecule has 0 aliphatic rings. The van der Waals surface area contributed by atoms with Gasteiger partial charge in [-0.25, -0.2) is 4.98 Å². The Morgan fingerprint density at radius 3 is 2.41 bits per heavy atom. The molecule has 0 N–H and O–H groups in total. The Bertz CT molecular complexity index is 1190. The summed E-state index contributed by atoms with van der Waals surface area (Å²) in [4.78, 5) is 19.8. The zero-order valence-corrected chi connectivity index (χ0v) is 19.6. The molecule has 6 heteroatoms. The second-order valence-electron chi connectivity index (χ2n) is 7.95. The summed E-state index contributed by atoms with van der Waals surface area (Å²) in [5.74, 6) is 0.796. The first-order chi connectivity index (χ1) is 15.5. The van der Waals surface area contributed by atoms with Gasteiger partial charge in [0.2, 0.25) is 5.91 Å². The van der Waals surface area contributed by atoms with Crippen molar-refractivity contribution in [3.63, 3.8) is 0 Å². The van der Waals surface area contributed by atoms with Crippen LogP contribution in [0.2, 0.25) is 0 Å². The average Bonchev–Trinajstić information content (AvgIpc) is 3.44. The molecule has 32 heavy (non-hydrogen) atoms. The number of thiazole rings is 1. The van der Waals surface area contributed by atoms with Crippen LogP contribution in [0.4, 0.5) is 5.13 Å². The molecule has 164 valence electrons. The van der Waals surface area contributed by atoms with Crippen LogP contribution >= 0.6 is 11.3 Å². The number of rotatable bonds is 7. The summed E-state index contributed by atoms with van der Waals surface area (Å²) in [7, 11) is 1.82. The number of carbonyl (C=O) groups is 1. The molecule has 0 spiro atoms. The molecular formula is C26H27N3O2S. The SMILES string of the molecule is CC[C@H](Cc1ccccc1)C(=O)N(C)c1nc(-c2ccccc2-c2c(C)noc2C)cs1. The van der Waals surface area contributed by atoms with Crippen molar-refractivity contribution in [1.29, 1.82) is 0 Å². The van der Waals surface area contributed by atoms with E-state index in [9.17, 15) is 4.79 Å². The molecule has 0 aliphatic carbocycles. The maximum atomic E-state index is 13.2. The third-order valence-electron chi connectivity index (χ3n) is 5.78. The first kappa shape index (κ1) is 22.0. The predicted molar refractivity (Wildman–Crippen MR) is 130 cm³/mol. The Morgan fingerprint density at radius 2 is 1.75 bits per heavy atom. The number of aryl methyl sites for hydroxylation is 2. The number of benzene rings is 2. The highest BCUT2D eigenvalue weighted by Gasteiger charge is 2.24. The minimum absolute atomic E-state index is 0.0793. The predicted octanol–water partition coefficient (Wildman–Crippen LogP) is 6.31. The Labute approximate surface area is 192 Å². The standard InChI is InChI=1S/C26H27N3O2S/c1-5-20(15-19-11-7-6-8-12-19)25(30)29(4)26-27-23(16-32-26)21-13-9-10-14-22(21)24-17(2)28-31-18(24)3/h6-14,16,20H,5,15H2,1-4H3/t20-/m1/s1. The number of hydrogen-bond acceptors (Lipinski definition) is 5. The topological polar surface area (TPSA) is 59.2 Å². The summed E-state index contributed by atoms with van der Waals surface area (Å²) in [5.41, 5.74) is 5.90. The third kappa shape index (κ3) is 4.36. The van der Waals surface area contributed by atoms with Crippen molar-refractivity contribution in [2.45, 2.75) is 33.6 Å². The first-order valence-electron chi connectivity index (χ1n) is 10.8. The van der Waals surface area contributed by atoms with Crippen molar-refractivity contribution < 1.29 is 9.32 Å². The minimum Gasteiger partial charge on any atom is -0.361 e. The molecule has 0 saturated heterocycles. The zero-order chi connectivity index (χ0) is 22.7. The molecule has 0 radical (unpaired) electrons. The van der Waals surface area contributed by atoms with E-state index >= 15 is 0 Å². The van der Waals surface area contributed by atoms with Gasteiger partial charge in [-0.15, -0.1) is 11.3 Å². The molecule has 1 amide bonds. The highest BCUT2D eigenvalue weighted by atomic mass is 32.1. The maximum Gasteiger partial charge on any atom is 0.231 e. The molecule has 1 atom stereocenters. The van der Waals surface area contributed by atoms with Gasteiger partial charge < -0.3 is 4.52 Å². The molecule has 0 unspecified atom stereocenters. The Hall–Kier alpha value is -3.25. The van der Waals surface area contributed by atoms with Crippen LogP contribution in [0.3, 0.4) is 0 Å². The fraction of sp³-hybridized carbons (Fsp3) is 0.269. The van der Waals surface area contributed by atoms with Crippen molar-refractivity contribution in [3.05, 3.63) is 77.0 Å². The molecule has 0 aliphatic heterocycles. The van der Waals surface area contributed by atoms with Crippen molar-refractivity contribution in [1.82, 2.24) is 10.1 Å². The van der Waals surface area contributed by atoms with Gasteiger partial charge >= 0.3 is 0 Å². The summed E-state index contributed by atoms with van der Waals surface area (Å²) >= 11 is 1.48. The number of hydrogen-bond donors (Lipinski definition) is 0.